The van der Waals surface area contributed by atoms with Crippen LogP contribution in [0.25, 0.3) is 0 Å². The molecule has 1 N–H and O–H groups in total. The molecule has 0 aliphatic rings. The smallest absolute Gasteiger partial charge is 0.388 e. The molecule has 0 aliphatic carbocycles. The van der Waals surface area contributed by atoms with Crippen LogP contribution in [0.4, 0.5) is 65.9 Å². The van der Waals surface area contributed by atoms with Gasteiger partial charge in [-0.15, -0.1) is 0 Å². The topological polar surface area (TPSA) is 20.2 Å². The van der Waals surface area contributed by atoms with E-state index in [0.717, 1.165) is 24.3 Å². The monoisotopic (exact) mass is 616 g/mol. The fourth-order valence-electron chi connectivity index (χ4n) is 2.17. The molecule has 0 saturated carbocycles. The predicted molar refractivity (Wildman–Crippen MR) is 84.5 cm³/mol. The molecule has 1 atom stereocenters. The first-order valence-electron chi connectivity index (χ1n) is 7.65. The lowest BCUT2D eigenvalue weighted by Crippen LogP contribution is -2.72. The minimum Gasteiger partial charge on any atom is -0.388 e. The zero-order valence-corrected chi connectivity index (χ0v) is 16.7. The van der Waals surface area contributed by atoms with E-state index in [0.29, 0.717) is 3.57 Å². The summed E-state index contributed by atoms with van der Waals surface area (Å²) in [6, 6.07) is 3.81. The molecule has 0 amide bonds. The average molecular weight is 616 g/mol. The van der Waals surface area contributed by atoms with Crippen LogP contribution in [0, 0.1) is 3.57 Å². The van der Waals surface area contributed by atoms with Gasteiger partial charge in [0.25, 0.3) is 0 Å². The third kappa shape index (κ3) is 4.34. The van der Waals surface area contributed by atoms with Gasteiger partial charge in [0.1, 0.15) is 0 Å². The summed E-state index contributed by atoms with van der Waals surface area (Å²) in [5.74, 6) is -46.9. The molecule has 1 unspecified atom stereocenters. The van der Waals surface area contributed by atoms with E-state index in [1.807, 2.05) is 0 Å². The molecule has 0 aromatic heterocycles. The van der Waals surface area contributed by atoms with E-state index in [4.69, 9.17) is 0 Å². The minimum atomic E-state index is -8.33. The molecule has 0 bridgehead atoms. The Labute approximate surface area is 181 Å². The van der Waals surface area contributed by atoms with Gasteiger partial charge in [-0.1, -0.05) is 12.1 Å². The van der Waals surface area contributed by atoms with E-state index >= 15 is 0 Å². The first-order valence-corrected chi connectivity index (χ1v) is 8.73. The minimum absolute atomic E-state index is 0.398. The number of benzene rings is 1. The van der Waals surface area contributed by atoms with Crippen molar-refractivity contribution in [2.45, 2.75) is 54.2 Å². The molecule has 186 valence electrons. The Kier molecular flexibility index (Phi) is 7.46. The van der Waals surface area contributed by atoms with Gasteiger partial charge in [0.2, 0.25) is 0 Å². The summed E-state index contributed by atoms with van der Waals surface area (Å²) >= 11 is 1.65. The van der Waals surface area contributed by atoms with Crippen LogP contribution in [0.1, 0.15) is 18.1 Å². The van der Waals surface area contributed by atoms with Gasteiger partial charge in [-0.05, 0) is 40.3 Å². The lowest BCUT2D eigenvalue weighted by Gasteiger charge is -2.41. The van der Waals surface area contributed by atoms with Crippen LogP contribution in [-0.4, -0.2) is 46.8 Å². The van der Waals surface area contributed by atoms with Crippen LogP contribution >= 0.6 is 22.6 Å². The standard InChI is InChI=1S/C15H8F15IO/c16-9(17,5-8(32)6-1-3-7(31)4-2-6)10(18,19)11(20,21)12(22,23)13(24,25)14(26,27)15(28,29)30/h1-4,8,32H,5H2. The Morgan fingerprint density at radius 1 is 0.594 bits per heavy atom. The highest BCUT2D eigenvalue weighted by atomic mass is 127. The van der Waals surface area contributed by atoms with Crippen molar-refractivity contribution in [2.24, 2.45) is 0 Å². The lowest BCUT2D eigenvalue weighted by atomic mass is 9.88. The maximum Gasteiger partial charge on any atom is 0.460 e. The SMILES string of the molecule is OC(CC(F)(F)C(F)(F)C(F)(F)C(F)(F)C(F)(F)C(F)(F)C(F)(F)F)c1ccc(I)cc1. The molecular weight excluding hydrogens is 608 g/mol. The normalized spacial score (nSPS) is 16.3. The number of aliphatic hydroxyl groups excluding tert-OH is 1. The zero-order chi connectivity index (χ0) is 25.8. The Balaban J connectivity index is 3.43. The van der Waals surface area contributed by atoms with Crippen LogP contribution < -0.4 is 0 Å². The van der Waals surface area contributed by atoms with Crippen molar-refractivity contribution < 1.29 is 71.0 Å². The molecule has 1 aromatic rings. The van der Waals surface area contributed by atoms with Gasteiger partial charge in [0.05, 0.1) is 6.10 Å². The molecule has 1 aromatic carbocycles. The van der Waals surface area contributed by atoms with Gasteiger partial charge in [-0.2, -0.15) is 65.9 Å². The fourth-order valence-corrected chi connectivity index (χ4v) is 2.53. The summed E-state index contributed by atoms with van der Waals surface area (Å²) in [6.07, 6.45) is -13.2. The van der Waals surface area contributed by atoms with Crippen LogP contribution in [0.15, 0.2) is 24.3 Å². The molecule has 17 heteroatoms. The zero-order valence-electron chi connectivity index (χ0n) is 14.6. The summed E-state index contributed by atoms with van der Waals surface area (Å²) < 4.78 is 197. The van der Waals surface area contributed by atoms with Crippen LogP contribution in [0.5, 0.6) is 0 Å². The molecular formula is C15H8F15IO. The molecule has 0 aliphatic heterocycles. The Morgan fingerprint density at radius 2 is 0.938 bits per heavy atom. The molecule has 0 spiro atoms. The summed E-state index contributed by atoms with van der Waals surface area (Å²) in [6.45, 7) is 0. The summed E-state index contributed by atoms with van der Waals surface area (Å²) in [5.41, 5.74) is -0.648. The van der Waals surface area contributed by atoms with Crippen LogP contribution in [0.3, 0.4) is 0 Å². The summed E-state index contributed by atoms with van der Waals surface area (Å²) in [4.78, 5) is 0. The quantitative estimate of drug-likeness (QED) is 0.245. The van der Waals surface area contributed by atoms with E-state index in [9.17, 15) is 71.0 Å². The van der Waals surface area contributed by atoms with E-state index < -0.39 is 59.8 Å². The summed E-state index contributed by atoms with van der Waals surface area (Å²) in [7, 11) is 0. The largest absolute Gasteiger partial charge is 0.460 e. The van der Waals surface area contributed by atoms with Gasteiger partial charge in [-0.25, -0.2) is 0 Å². The van der Waals surface area contributed by atoms with E-state index in [-0.39, 0.29) is 0 Å². The first kappa shape index (κ1) is 28.9. The second-order valence-corrected chi connectivity index (χ2v) is 7.59. The van der Waals surface area contributed by atoms with Crippen molar-refractivity contribution in [3.8, 4) is 0 Å². The van der Waals surface area contributed by atoms with Crippen LogP contribution in [-0.2, 0) is 0 Å². The van der Waals surface area contributed by atoms with Crippen molar-refractivity contribution in [2.75, 3.05) is 0 Å². The van der Waals surface area contributed by atoms with E-state index in [1.165, 1.54) is 0 Å². The highest BCUT2D eigenvalue weighted by Crippen LogP contribution is 2.63. The van der Waals surface area contributed by atoms with Gasteiger partial charge in [0, 0.05) is 9.99 Å². The third-order valence-electron chi connectivity index (χ3n) is 4.10. The fraction of sp³-hybridized carbons (Fsp3) is 0.600. The maximum atomic E-state index is 13.8. The second-order valence-electron chi connectivity index (χ2n) is 6.35. The van der Waals surface area contributed by atoms with Crippen molar-refractivity contribution in [1.82, 2.24) is 0 Å². The highest BCUT2D eigenvalue weighted by molar-refractivity contribution is 14.1. The molecule has 0 fully saturated rings. The van der Waals surface area contributed by atoms with Gasteiger partial charge < -0.3 is 5.11 Å². The molecule has 0 radical (unpaired) electrons. The van der Waals surface area contributed by atoms with Gasteiger partial charge in [-0.3, -0.25) is 0 Å². The van der Waals surface area contributed by atoms with E-state index in [1.54, 1.807) is 22.6 Å². The van der Waals surface area contributed by atoms with Crippen LogP contribution in [0.2, 0.25) is 0 Å². The van der Waals surface area contributed by atoms with E-state index in [2.05, 4.69) is 0 Å². The van der Waals surface area contributed by atoms with Gasteiger partial charge >= 0.3 is 41.7 Å². The van der Waals surface area contributed by atoms with Crippen molar-refractivity contribution in [3.05, 3.63) is 33.4 Å². The average Bonchev–Trinajstić information content (AvgIpc) is 2.59. The highest BCUT2D eigenvalue weighted by Gasteiger charge is 2.93. The maximum absolute atomic E-state index is 13.8. The third-order valence-corrected chi connectivity index (χ3v) is 4.82. The number of aliphatic hydroxyl groups is 1. The molecule has 0 saturated heterocycles. The molecule has 32 heavy (non-hydrogen) atoms. The van der Waals surface area contributed by atoms with Crippen molar-refractivity contribution >= 4 is 22.6 Å². The lowest BCUT2D eigenvalue weighted by molar-refractivity contribution is -0.453. The Hall–Kier alpha value is -1.14. The summed E-state index contributed by atoms with van der Waals surface area (Å²) in [5, 5.41) is 9.51. The number of alkyl halides is 15. The number of hydrogen-bond donors (Lipinski definition) is 1. The van der Waals surface area contributed by atoms with Crippen molar-refractivity contribution in [1.29, 1.82) is 0 Å². The number of halogens is 16. The van der Waals surface area contributed by atoms with Crippen molar-refractivity contribution in [3.63, 3.8) is 0 Å². The number of hydrogen-bond acceptors (Lipinski definition) is 1. The molecule has 0 heterocycles. The molecule has 1 rings (SSSR count). The second kappa shape index (κ2) is 8.26. The number of rotatable bonds is 8. The Morgan fingerprint density at radius 3 is 1.31 bits per heavy atom. The van der Waals surface area contributed by atoms with Gasteiger partial charge in [0.15, 0.2) is 0 Å². The molecule has 1 nitrogen and oxygen atoms in total. The first-order chi connectivity index (χ1) is 13.9. The Bertz CT molecular complexity index is 800. The predicted octanol–water partition coefficient (Wildman–Crippen LogP) is 7.09.